The van der Waals surface area contributed by atoms with Crippen molar-refractivity contribution in [3.05, 3.63) is 117 Å². The van der Waals surface area contributed by atoms with Crippen molar-refractivity contribution in [3.8, 4) is 11.5 Å². The van der Waals surface area contributed by atoms with Crippen LogP contribution in [0.1, 0.15) is 44.5 Å². The molecule has 0 spiro atoms. The van der Waals surface area contributed by atoms with E-state index in [1.165, 1.54) is 55.9 Å². The monoisotopic (exact) mass is 543 g/mol. The van der Waals surface area contributed by atoms with Crippen LogP contribution in [0, 0.1) is 0 Å². The third-order valence-corrected chi connectivity index (χ3v) is 9.21. The minimum Gasteiger partial charge on any atom is -0.496 e. The summed E-state index contributed by atoms with van der Waals surface area (Å²) in [5.74, 6) is 2.06. The van der Waals surface area contributed by atoms with Gasteiger partial charge in [-0.25, -0.2) is 9.48 Å². The molecule has 0 aromatic heterocycles. The molecule has 0 fully saturated rings. The van der Waals surface area contributed by atoms with Gasteiger partial charge < -0.3 is 9.47 Å². The predicted octanol–water partition coefficient (Wildman–Crippen LogP) is 6.66. The van der Waals surface area contributed by atoms with E-state index in [1.807, 2.05) is 0 Å². The maximum atomic E-state index is 5.73. The quantitative estimate of drug-likeness (QED) is 0.269. The van der Waals surface area contributed by atoms with Crippen molar-refractivity contribution in [2.75, 3.05) is 32.2 Å². The zero-order valence-corrected chi connectivity index (χ0v) is 24.3. The highest BCUT2D eigenvalue weighted by Gasteiger charge is 2.27. The van der Waals surface area contributed by atoms with Gasteiger partial charge in [0.1, 0.15) is 36.0 Å². The van der Waals surface area contributed by atoms with E-state index in [-0.39, 0.29) is 0 Å². The summed E-state index contributed by atoms with van der Waals surface area (Å²) in [4.78, 5) is 2.50. The lowest BCUT2D eigenvalue weighted by Gasteiger charge is -2.17. The van der Waals surface area contributed by atoms with Gasteiger partial charge >= 0.3 is 0 Å². The lowest BCUT2D eigenvalue weighted by Crippen LogP contribution is -2.20. The Labute approximate surface area is 243 Å². The molecule has 208 valence electrons. The van der Waals surface area contributed by atoms with Crippen molar-refractivity contribution < 1.29 is 14.0 Å². The van der Waals surface area contributed by atoms with E-state index in [4.69, 9.17) is 9.47 Å². The van der Waals surface area contributed by atoms with Crippen molar-refractivity contribution in [3.63, 3.8) is 0 Å². The molecule has 1 heterocycles. The van der Waals surface area contributed by atoms with Gasteiger partial charge in [-0.15, -0.1) is 0 Å². The molecule has 0 radical (unpaired) electrons. The first kappa shape index (κ1) is 25.9. The summed E-state index contributed by atoms with van der Waals surface area (Å²) in [6.07, 6.45) is 10.4. The van der Waals surface area contributed by atoms with Crippen molar-refractivity contribution in [2.24, 2.45) is 0 Å². The number of benzene rings is 4. The van der Waals surface area contributed by atoms with Gasteiger partial charge in [-0.2, -0.15) is 0 Å². The maximum Gasteiger partial charge on any atom is 0.244 e. The summed E-state index contributed by atoms with van der Waals surface area (Å²) < 4.78 is 13.9. The Morgan fingerprint density at radius 2 is 1.02 bits per heavy atom. The van der Waals surface area contributed by atoms with Crippen LogP contribution in [0.5, 0.6) is 11.5 Å². The first-order valence-corrected chi connectivity index (χ1v) is 15.1. The van der Waals surface area contributed by atoms with Gasteiger partial charge in [-0.1, -0.05) is 48.5 Å². The van der Waals surface area contributed by atoms with E-state index < -0.39 is 0 Å². The fraction of sp³-hybridized carbons (Fsp3) is 0.324. The minimum atomic E-state index is 0.989. The summed E-state index contributed by atoms with van der Waals surface area (Å²) in [6, 6.07) is 27.9. The van der Waals surface area contributed by atoms with Crippen molar-refractivity contribution in [1.82, 2.24) is 0 Å². The highest BCUT2D eigenvalue weighted by molar-refractivity contribution is 5.80. The Bertz CT molecular complexity index is 1640. The first-order valence-electron chi connectivity index (χ1n) is 15.1. The smallest absolute Gasteiger partial charge is 0.244 e. The molecule has 4 nitrogen and oxygen atoms in total. The van der Waals surface area contributed by atoms with Crippen LogP contribution in [-0.2, 0) is 51.4 Å². The standard InChI is InChI=1S/C37H39N2O2/c1-40-36-23-28-5-13-30-11-3-26(7-15-32(36)17-9-28)21-34(30)38-19-20-39(25-38)35-22-27-4-12-31(35)14-6-29-10-18-33(16-8-27)37(24-29)41-2/h3-4,9-12,17-18,21-25H,5-8,13-16,19-20H2,1-2H3/q+1. The normalized spacial score (nSPS) is 16.1. The van der Waals surface area contributed by atoms with Gasteiger partial charge in [0.2, 0.25) is 6.34 Å². The van der Waals surface area contributed by atoms with Gasteiger partial charge in [0, 0.05) is 0 Å². The largest absolute Gasteiger partial charge is 0.496 e. The average Bonchev–Trinajstić information content (AvgIpc) is 3.49. The van der Waals surface area contributed by atoms with Crippen LogP contribution in [0.3, 0.4) is 0 Å². The number of ether oxygens (including phenoxy) is 2. The highest BCUT2D eigenvalue weighted by Crippen LogP contribution is 2.32. The Morgan fingerprint density at radius 3 is 1.63 bits per heavy atom. The SMILES string of the molecule is COc1cc2ccc1CCc1ccc(c(N3C=[N+](c4cc5ccc4CCc4ccc(c(OC)c4)CC5)CC3)c1)CC2. The first-order chi connectivity index (χ1) is 20.2. The molecule has 0 saturated carbocycles. The molecular formula is C37H39N2O2+. The van der Waals surface area contributed by atoms with Crippen molar-refractivity contribution >= 4 is 17.7 Å². The van der Waals surface area contributed by atoms with Crippen LogP contribution >= 0.6 is 0 Å². The molecule has 0 unspecified atom stereocenters. The van der Waals surface area contributed by atoms with Crippen LogP contribution in [0.25, 0.3) is 0 Å². The Kier molecular flexibility index (Phi) is 7.00. The number of aryl methyl sites for hydroxylation is 8. The van der Waals surface area contributed by atoms with Crippen LogP contribution in [0.4, 0.5) is 11.4 Å². The number of anilines is 1. The summed E-state index contributed by atoms with van der Waals surface area (Å²) in [7, 11) is 3.58. The lowest BCUT2D eigenvalue weighted by molar-refractivity contribution is -0.424. The number of rotatable bonds is 4. The summed E-state index contributed by atoms with van der Waals surface area (Å²) in [5.41, 5.74) is 13.6. The molecule has 4 aromatic rings. The second-order valence-electron chi connectivity index (χ2n) is 11.7. The molecule has 8 aliphatic carbocycles. The molecule has 0 N–H and O–H groups in total. The van der Waals surface area contributed by atoms with Gasteiger partial charge in [0.25, 0.3) is 0 Å². The average molecular weight is 544 g/mol. The van der Waals surface area contributed by atoms with Gasteiger partial charge in [-0.3, -0.25) is 0 Å². The molecule has 4 heteroatoms. The molecule has 0 saturated heterocycles. The van der Waals surface area contributed by atoms with E-state index in [0.717, 1.165) is 76.0 Å². The second kappa shape index (κ2) is 11.1. The molecular weight excluding hydrogens is 504 g/mol. The van der Waals surface area contributed by atoms with Gasteiger partial charge in [0.05, 0.1) is 14.2 Å². The third kappa shape index (κ3) is 5.24. The van der Waals surface area contributed by atoms with Crippen molar-refractivity contribution in [1.29, 1.82) is 0 Å². The third-order valence-electron chi connectivity index (χ3n) is 9.21. The Hall–Kier alpha value is -4.05. The molecule has 13 rings (SSSR count). The van der Waals surface area contributed by atoms with E-state index >= 15 is 0 Å². The molecule has 1 aliphatic heterocycles. The van der Waals surface area contributed by atoms with Crippen LogP contribution in [0.15, 0.2) is 72.8 Å². The molecule has 9 aliphatic rings. The molecule has 0 amide bonds. The topological polar surface area (TPSA) is 24.7 Å². The summed E-state index contributed by atoms with van der Waals surface area (Å²) >= 11 is 0. The number of hydrogen-bond donors (Lipinski definition) is 0. The second-order valence-corrected chi connectivity index (χ2v) is 11.7. The molecule has 41 heavy (non-hydrogen) atoms. The summed E-state index contributed by atoms with van der Waals surface area (Å²) in [5, 5.41) is 0. The van der Waals surface area contributed by atoms with Crippen LogP contribution < -0.4 is 14.4 Å². The van der Waals surface area contributed by atoms with Gasteiger partial charge in [0.15, 0.2) is 0 Å². The number of methoxy groups -OCH3 is 2. The Morgan fingerprint density at radius 1 is 0.537 bits per heavy atom. The zero-order chi connectivity index (χ0) is 27.8. The fourth-order valence-electron chi connectivity index (χ4n) is 6.77. The Balaban J connectivity index is 1.19. The minimum absolute atomic E-state index is 0.989. The van der Waals surface area contributed by atoms with E-state index in [0.29, 0.717) is 0 Å². The molecule has 4 aromatic carbocycles. The van der Waals surface area contributed by atoms with Crippen molar-refractivity contribution in [2.45, 2.75) is 51.4 Å². The number of nitrogens with zero attached hydrogens (tertiary/aromatic N) is 2. The van der Waals surface area contributed by atoms with Gasteiger partial charge in [-0.05, 0) is 120 Å². The zero-order valence-electron chi connectivity index (χ0n) is 24.3. The molecule has 8 bridgehead atoms. The van der Waals surface area contributed by atoms with E-state index in [9.17, 15) is 0 Å². The lowest BCUT2D eigenvalue weighted by atomic mass is 9.94. The molecule has 0 atom stereocenters. The van der Waals surface area contributed by atoms with Crippen LogP contribution in [-0.4, -0.2) is 38.2 Å². The highest BCUT2D eigenvalue weighted by atomic mass is 16.5. The number of hydrogen-bond acceptors (Lipinski definition) is 3. The summed E-state index contributed by atoms with van der Waals surface area (Å²) in [6.45, 7) is 2.00. The predicted molar refractivity (Wildman–Crippen MR) is 167 cm³/mol. The van der Waals surface area contributed by atoms with Crippen LogP contribution in [0.2, 0.25) is 0 Å². The maximum absolute atomic E-state index is 5.73. The van der Waals surface area contributed by atoms with E-state index in [1.54, 1.807) is 14.2 Å². The van der Waals surface area contributed by atoms with E-state index in [2.05, 4.69) is 88.6 Å². The fourth-order valence-corrected chi connectivity index (χ4v) is 6.77.